The summed E-state index contributed by atoms with van der Waals surface area (Å²) in [5.74, 6) is -0.190. The molecule has 0 aromatic heterocycles. The normalized spacial score (nSPS) is 11.5. The SMILES string of the molecule is Cl.Fc1ccc(C[PH](c2ccccc2)(c2ccccc2)c2ccccc2)cc1. The third-order valence-corrected chi connectivity index (χ3v) is 10.1. The molecule has 0 heterocycles. The van der Waals surface area contributed by atoms with E-state index in [1.54, 1.807) is 12.1 Å². The molecule has 28 heavy (non-hydrogen) atoms. The van der Waals surface area contributed by atoms with E-state index in [2.05, 4.69) is 91.0 Å². The van der Waals surface area contributed by atoms with Crippen LogP contribution in [0.5, 0.6) is 0 Å². The Hall–Kier alpha value is -2.47. The first-order chi connectivity index (χ1) is 13.3. The second kappa shape index (κ2) is 9.15. The molecule has 0 aliphatic carbocycles. The molecule has 4 aromatic carbocycles. The molecular formula is C25H23ClFP. The van der Waals surface area contributed by atoms with Gasteiger partial charge in [0.1, 0.15) is 0 Å². The van der Waals surface area contributed by atoms with Crippen molar-refractivity contribution in [1.29, 1.82) is 0 Å². The molecule has 4 aromatic rings. The van der Waals surface area contributed by atoms with Crippen molar-refractivity contribution in [3.8, 4) is 0 Å². The summed E-state index contributed by atoms with van der Waals surface area (Å²) in [5.41, 5.74) is 1.17. The molecule has 0 radical (unpaired) electrons. The molecule has 0 atom stereocenters. The molecule has 0 N–H and O–H groups in total. The number of benzene rings is 4. The van der Waals surface area contributed by atoms with Crippen LogP contribution in [-0.2, 0) is 6.16 Å². The molecule has 0 unspecified atom stereocenters. The Bertz CT molecular complexity index is 890. The maximum atomic E-state index is 13.5. The van der Waals surface area contributed by atoms with E-state index >= 15 is 0 Å². The van der Waals surface area contributed by atoms with Crippen LogP contribution in [0.25, 0.3) is 0 Å². The summed E-state index contributed by atoms with van der Waals surface area (Å²) < 4.78 is 13.5. The van der Waals surface area contributed by atoms with Crippen LogP contribution in [0, 0.1) is 5.82 Å². The number of halogens is 2. The first-order valence-electron chi connectivity index (χ1n) is 9.20. The molecule has 0 amide bonds. The van der Waals surface area contributed by atoms with Gasteiger partial charge in [-0.3, -0.25) is 0 Å². The summed E-state index contributed by atoms with van der Waals surface area (Å²) in [7, 11) is -2.30. The molecule has 0 aliphatic heterocycles. The van der Waals surface area contributed by atoms with Gasteiger partial charge in [-0.25, -0.2) is 0 Å². The molecule has 4 rings (SSSR count). The van der Waals surface area contributed by atoms with Gasteiger partial charge in [-0.2, -0.15) is 0 Å². The molecule has 0 saturated carbocycles. The Balaban J connectivity index is 0.00000225. The third-order valence-electron chi connectivity index (χ3n) is 5.18. The summed E-state index contributed by atoms with van der Waals surface area (Å²) in [6.07, 6.45) is 0.894. The van der Waals surface area contributed by atoms with Crippen molar-refractivity contribution >= 4 is 35.6 Å². The van der Waals surface area contributed by atoms with E-state index in [1.807, 2.05) is 12.1 Å². The minimum absolute atomic E-state index is 0. The summed E-state index contributed by atoms with van der Waals surface area (Å²) in [4.78, 5) is 0. The Morgan fingerprint density at radius 3 is 1.21 bits per heavy atom. The fourth-order valence-electron chi connectivity index (χ4n) is 3.88. The standard InChI is InChI=1S/C25H22FP.ClH/c26-22-18-16-21(17-19-22)20-27(23-10-4-1-5-11-23,24-12-6-2-7-13-24)25-14-8-3-9-15-25;/h1-19,27H,20H2;1H. The Morgan fingerprint density at radius 2 is 0.857 bits per heavy atom. The minimum atomic E-state index is -2.30. The summed E-state index contributed by atoms with van der Waals surface area (Å²) >= 11 is 0. The van der Waals surface area contributed by atoms with Gasteiger partial charge in [-0.15, -0.1) is 12.4 Å². The van der Waals surface area contributed by atoms with Crippen molar-refractivity contribution in [2.75, 3.05) is 0 Å². The van der Waals surface area contributed by atoms with Crippen molar-refractivity contribution in [3.05, 3.63) is 127 Å². The predicted octanol–water partition coefficient (Wildman–Crippen LogP) is 5.47. The van der Waals surface area contributed by atoms with Crippen molar-refractivity contribution in [3.63, 3.8) is 0 Å². The van der Waals surface area contributed by atoms with Crippen LogP contribution in [0.4, 0.5) is 4.39 Å². The summed E-state index contributed by atoms with van der Waals surface area (Å²) in [6.45, 7) is 0. The van der Waals surface area contributed by atoms with Gasteiger partial charge >= 0.3 is 160 Å². The predicted molar refractivity (Wildman–Crippen MR) is 124 cm³/mol. The molecule has 0 aliphatic rings. The zero-order chi connectivity index (χ0) is 18.5. The van der Waals surface area contributed by atoms with Crippen molar-refractivity contribution in [2.45, 2.75) is 6.16 Å². The number of rotatable bonds is 5. The van der Waals surface area contributed by atoms with Gasteiger partial charge in [0.25, 0.3) is 0 Å². The second-order valence-electron chi connectivity index (χ2n) is 6.81. The van der Waals surface area contributed by atoms with Crippen LogP contribution in [0.3, 0.4) is 0 Å². The molecule has 0 fully saturated rings. The molecule has 142 valence electrons. The fourth-order valence-corrected chi connectivity index (χ4v) is 8.63. The maximum absolute atomic E-state index is 13.5. The molecule has 0 bridgehead atoms. The monoisotopic (exact) mass is 408 g/mol. The molecule has 0 saturated heterocycles. The van der Waals surface area contributed by atoms with E-state index in [0.29, 0.717) is 0 Å². The molecule has 0 nitrogen and oxygen atoms in total. The first-order valence-corrected chi connectivity index (χ1v) is 11.4. The average molecular weight is 409 g/mol. The van der Waals surface area contributed by atoms with Crippen LogP contribution in [-0.4, -0.2) is 0 Å². The topological polar surface area (TPSA) is 0 Å². The van der Waals surface area contributed by atoms with E-state index < -0.39 is 7.26 Å². The van der Waals surface area contributed by atoms with E-state index in [1.165, 1.54) is 21.5 Å². The van der Waals surface area contributed by atoms with Crippen LogP contribution in [0.15, 0.2) is 115 Å². The molecule has 3 heteroatoms. The Kier molecular flexibility index (Phi) is 6.62. The first kappa shape index (κ1) is 20.3. The molecule has 0 spiro atoms. The van der Waals surface area contributed by atoms with Crippen LogP contribution < -0.4 is 15.9 Å². The quantitative estimate of drug-likeness (QED) is 0.384. The van der Waals surface area contributed by atoms with Crippen molar-refractivity contribution in [2.24, 2.45) is 0 Å². The Labute approximate surface area is 172 Å². The van der Waals surface area contributed by atoms with E-state index in [4.69, 9.17) is 0 Å². The van der Waals surface area contributed by atoms with Gasteiger partial charge in [0, 0.05) is 0 Å². The van der Waals surface area contributed by atoms with Gasteiger partial charge < -0.3 is 0 Å². The summed E-state index contributed by atoms with van der Waals surface area (Å²) in [5, 5.41) is 4.10. The van der Waals surface area contributed by atoms with Gasteiger partial charge in [0.15, 0.2) is 0 Å². The van der Waals surface area contributed by atoms with Crippen LogP contribution in [0.1, 0.15) is 5.56 Å². The van der Waals surface area contributed by atoms with Gasteiger partial charge in [0.2, 0.25) is 0 Å². The van der Waals surface area contributed by atoms with Gasteiger partial charge in [0.05, 0.1) is 0 Å². The van der Waals surface area contributed by atoms with E-state index in [9.17, 15) is 4.39 Å². The fraction of sp³-hybridized carbons (Fsp3) is 0.0400. The zero-order valence-electron chi connectivity index (χ0n) is 15.5. The number of hydrogen-bond acceptors (Lipinski definition) is 0. The van der Waals surface area contributed by atoms with Crippen LogP contribution in [0.2, 0.25) is 0 Å². The van der Waals surface area contributed by atoms with Crippen molar-refractivity contribution in [1.82, 2.24) is 0 Å². The van der Waals surface area contributed by atoms with E-state index in [0.717, 1.165) is 6.16 Å². The van der Waals surface area contributed by atoms with Gasteiger partial charge in [-0.1, -0.05) is 0 Å². The van der Waals surface area contributed by atoms with Gasteiger partial charge in [-0.05, 0) is 0 Å². The summed E-state index contributed by atoms with van der Waals surface area (Å²) in [6, 6.07) is 39.4. The zero-order valence-corrected chi connectivity index (χ0v) is 17.3. The average Bonchev–Trinajstić information content (AvgIpc) is 2.75. The number of hydrogen-bond donors (Lipinski definition) is 0. The Morgan fingerprint density at radius 1 is 0.500 bits per heavy atom. The molecular weight excluding hydrogens is 386 g/mol. The second-order valence-corrected chi connectivity index (χ2v) is 10.7. The van der Waals surface area contributed by atoms with Crippen LogP contribution >= 0.6 is 19.7 Å². The third kappa shape index (κ3) is 4.02. The van der Waals surface area contributed by atoms with Crippen molar-refractivity contribution < 1.29 is 4.39 Å². The van der Waals surface area contributed by atoms with E-state index in [-0.39, 0.29) is 18.2 Å².